The molecule has 1 spiro atoms. The first-order valence-electron chi connectivity index (χ1n) is 12.7. The summed E-state index contributed by atoms with van der Waals surface area (Å²) < 4.78 is 22.5. The molecule has 0 radical (unpaired) electrons. The molecule has 1 unspecified atom stereocenters. The molecule has 4 heterocycles. The maximum atomic E-state index is 14.2. The topological polar surface area (TPSA) is 105 Å². The van der Waals surface area contributed by atoms with Gasteiger partial charge in [0.05, 0.1) is 12.8 Å². The second kappa shape index (κ2) is 9.04. The molecule has 1 aliphatic carbocycles. The number of anilines is 1. The van der Waals surface area contributed by atoms with Crippen molar-refractivity contribution in [2.75, 3.05) is 24.6 Å². The molecular weight excluding hydrogens is 590 g/mol. The van der Waals surface area contributed by atoms with Crippen molar-refractivity contribution in [1.82, 2.24) is 25.1 Å². The highest BCUT2D eigenvalue weighted by atomic mass is 127. The fourth-order valence-corrected chi connectivity index (χ4v) is 7.03. The Kier molecular flexibility index (Phi) is 6.05. The molecule has 196 valence electrons. The lowest BCUT2D eigenvalue weighted by atomic mass is 9.66. The molecule has 2 aliphatic heterocycles. The van der Waals surface area contributed by atoms with E-state index in [4.69, 9.17) is 9.72 Å². The second-order valence-electron chi connectivity index (χ2n) is 11.2. The Morgan fingerprint density at radius 3 is 2.78 bits per heavy atom. The van der Waals surface area contributed by atoms with Crippen LogP contribution in [0, 0.1) is 14.9 Å². The van der Waals surface area contributed by atoms with Gasteiger partial charge in [-0.15, -0.1) is 0 Å². The molecule has 2 aromatic heterocycles. The Hall–Kier alpha value is -2.54. The number of hydrogen-bond acceptors (Lipinski definition) is 6. The van der Waals surface area contributed by atoms with E-state index in [0.717, 1.165) is 77.2 Å². The zero-order valence-electron chi connectivity index (χ0n) is 20.9. The molecule has 3 aliphatic rings. The summed E-state index contributed by atoms with van der Waals surface area (Å²) in [5.74, 6) is 0.741. The van der Waals surface area contributed by atoms with Crippen LogP contribution in [0.3, 0.4) is 0 Å². The maximum Gasteiger partial charge on any atom is 0.405 e. The lowest BCUT2D eigenvalue weighted by molar-refractivity contribution is -0.104. The average molecular weight is 620 g/mol. The minimum Gasteiger partial charge on any atom is -0.465 e. The first-order valence-corrected chi connectivity index (χ1v) is 13.8. The SMILES string of the molecule is CC(C)(C[C@@H]1c2ccc(F)cc2CC12CCN(c1cnc3c(I)nn(C4CCO4)c3n1)CC2)NC(=O)O. The number of carbonyl (C=O) groups is 1. The zero-order chi connectivity index (χ0) is 25.9. The normalized spacial score (nSPS) is 22.8. The van der Waals surface area contributed by atoms with Crippen molar-refractivity contribution in [3.8, 4) is 0 Å². The van der Waals surface area contributed by atoms with Crippen molar-refractivity contribution in [3.05, 3.63) is 45.0 Å². The van der Waals surface area contributed by atoms with E-state index in [-0.39, 0.29) is 23.4 Å². The van der Waals surface area contributed by atoms with E-state index in [9.17, 15) is 14.3 Å². The van der Waals surface area contributed by atoms with Crippen molar-refractivity contribution in [2.24, 2.45) is 5.41 Å². The first-order chi connectivity index (χ1) is 17.6. The molecule has 11 heteroatoms. The summed E-state index contributed by atoms with van der Waals surface area (Å²) in [5, 5.41) is 16.7. The van der Waals surface area contributed by atoms with E-state index in [1.807, 2.05) is 30.8 Å². The fourth-order valence-electron chi connectivity index (χ4n) is 6.42. The van der Waals surface area contributed by atoms with Gasteiger partial charge in [-0.2, -0.15) is 5.10 Å². The van der Waals surface area contributed by atoms with Crippen molar-refractivity contribution in [1.29, 1.82) is 0 Å². The summed E-state index contributed by atoms with van der Waals surface area (Å²) in [7, 11) is 0. The first kappa shape index (κ1) is 24.8. The third kappa shape index (κ3) is 4.43. The number of rotatable bonds is 5. The standard InChI is InChI=1S/C26H30FIN6O3/c1-25(2,31-24(35)36)13-18-17-4-3-16(27)11-15(17)12-26(18)6-8-33(9-7-26)19-14-29-21-22(28)32-34(23(21)30-19)20-5-10-37-20/h3-4,11,14,18,20,31H,5-10,12-13H2,1-2H3,(H,35,36)/t18-,20?/m1/s1. The van der Waals surface area contributed by atoms with Crippen LogP contribution in [0.4, 0.5) is 15.0 Å². The van der Waals surface area contributed by atoms with Gasteiger partial charge in [-0.1, -0.05) is 6.07 Å². The molecule has 9 nitrogen and oxygen atoms in total. The number of ether oxygens (including phenoxy) is 1. The number of halogens is 2. The number of aromatic nitrogens is 4. The van der Waals surface area contributed by atoms with Crippen molar-refractivity contribution in [2.45, 2.75) is 63.6 Å². The molecule has 2 saturated heterocycles. The highest BCUT2D eigenvalue weighted by Gasteiger charge is 2.49. The predicted octanol–water partition coefficient (Wildman–Crippen LogP) is 4.85. The van der Waals surface area contributed by atoms with E-state index in [0.29, 0.717) is 6.42 Å². The number of hydrogen-bond donors (Lipinski definition) is 2. The van der Waals surface area contributed by atoms with Gasteiger partial charge in [0.2, 0.25) is 0 Å². The number of amides is 1. The van der Waals surface area contributed by atoms with Gasteiger partial charge in [0.1, 0.15) is 17.2 Å². The van der Waals surface area contributed by atoms with Crippen LogP contribution in [0.5, 0.6) is 0 Å². The van der Waals surface area contributed by atoms with Crippen LogP contribution >= 0.6 is 22.6 Å². The molecule has 2 fully saturated rings. The number of fused-ring (bicyclic) bond motifs is 2. The van der Waals surface area contributed by atoms with Crippen LogP contribution in [0.25, 0.3) is 11.2 Å². The Balaban J connectivity index is 1.26. The summed E-state index contributed by atoms with van der Waals surface area (Å²) in [6.45, 7) is 6.17. The largest absolute Gasteiger partial charge is 0.465 e. The van der Waals surface area contributed by atoms with E-state index >= 15 is 0 Å². The molecule has 3 aromatic rings. The second-order valence-corrected chi connectivity index (χ2v) is 12.2. The summed E-state index contributed by atoms with van der Waals surface area (Å²) >= 11 is 2.19. The third-order valence-corrected chi connectivity index (χ3v) is 9.03. The van der Waals surface area contributed by atoms with Crippen LogP contribution in [-0.2, 0) is 11.2 Å². The van der Waals surface area contributed by atoms with Gasteiger partial charge in [-0.3, -0.25) is 0 Å². The molecule has 1 aromatic carbocycles. The van der Waals surface area contributed by atoms with E-state index in [1.54, 1.807) is 6.07 Å². The lowest BCUT2D eigenvalue weighted by Gasteiger charge is -2.45. The summed E-state index contributed by atoms with van der Waals surface area (Å²) in [6, 6.07) is 5.09. The van der Waals surface area contributed by atoms with Crippen molar-refractivity contribution < 1.29 is 19.0 Å². The van der Waals surface area contributed by atoms with Crippen molar-refractivity contribution >= 4 is 45.7 Å². The highest BCUT2D eigenvalue weighted by Crippen LogP contribution is 2.56. The van der Waals surface area contributed by atoms with Gasteiger partial charge in [-0.25, -0.2) is 23.8 Å². The quantitative estimate of drug-likeness (QED) is 0.393. The van der Waals surface area contributed by atoms with E-state index in [1.165, 1.54) is 6.07 Å². The van der Waals surface area contributed by atoms with Gasteiger partial charge in [0.15, 0.2) is 15.6 Å². The number of carboxylic acid groups (broad SMARTS) is 1. The highest BCUT2D eigenvalue weighted by molar-refractivity contribution is 14.1. The van der Waals surface area contributed by atoms with Crippen LogP contribution < -0.4 is 10.2 Å². The third-order valence-electron chi connectivity index (χ3n) is 8.30. The minimum atomic E-state index is -1.03. The number of benzene rings is 1. The summed E-state index contributed by atoms with van der Waals surface area (Å²) in [5.41, 5.74) is 3.06. The maximum absolute atomic E-state index is 14.2. The summed E-state index contributed by atoms with van der Waals surface area (Å²) in [6.07, 6.45) is 4.90. The van der Waals surface area contributed by atoms with E-state index in [2.05, 4.69) is 42.9 Å². The number of nitrogens with one attached hydrogen (secondary N) is 1. The average Bonchev–Trinajstić information content (AvgIpc) is 3.26. The Bertz CT molecular complexity index is 1370. The Morgan fingerprint density at radius 1 is 1.35 bits per heavy atom. The van der Waals surface area contributed by atoms with Crippen LogP contribution in [-0.4, -0.2) is 56.2 Å². The summed E-state index contributed by atoms with van der Waals surface area (Å²) in [4.78, 5) is 23.3. The van der Waals surface area contributed by atoms with Crippen LogP contribution in [0.2, 0.25) is 0 Å². The van der Waals surface area contributed by atoms with E-state index < -0.39 is 11.6 Å². The van der Waals surface area contributed by atoms with Crippen LogP contribution in [0.1, 0.15) is 62.8 Å². The zero-order valence-corrected chi connectivity index (χ0v) is 23.0. The molecule has 0 saturated carbocycles. The molecular formula is C26H30FIN6O3. The smallest absolute Gasteiger partial charge is 0.405 e. The Labute approximate surface area is 227 Å². The predicted molar refractivity (Wildman–Crippen MR) is 144 cm³/mol. The molecule has 2 N–H and O–H groups in total. The number of piperidine rings is 1. The molecule has 37 heavy (non-hydrogen) atoms. The number of nitrogens with zero attached hydrogens (tertiary/aromatic N) is 5. The van der Waals surface area contributed by atoms with Gasteiger partial charge in [0, 0.05) is 25.0 Å². The fraction of sp³-hybridized carbons (Fsp3) is 0.538. The molecule has 1 amide bonds. The van der Waals surface area contributed by atoms with Gasteiger partial charge >= 0.3 is 6.09 Å². The van der Waals surface area contributed by atoms with Gasteiger partial charge < -0.3 is 20.1 Å². The van der Waals surface area contributed by atoms with Crippen LogP contribution in [0.15, 0.2) is 24.4 Å². The molecule has 0 bridgehead atoms. The molecule has 6 rings (SSSR count). The molecule has 2 atom stereocenters. The monoisotopic (exact) mass is 620 g/mol. The van der Waals surface area contributed by atoms with Crippen molar-refractivity contribution in [3.63, 3.8) is 0 Å². The lowest BCUT2D eigenvalue weighted by Crippen LogP contribution is -2.48. The Morgan fingerprint density at radius 2 is 2.11 bits per heavy atom. The van der Waals surface area contributed by atoms with Gasteiger partial charge in [-0.05, 0) is 96.7 Å². The minimum absolute atomic E-state index is 0.0570. The van der Waals surface area contributed by atoms with Gasteiger partial charge in [0.25, 0.3) is 0 Å².